The number of benzene rings is 1. The van der Waals surface area contributed by atoms with E-state index in [1.54, 1.807) is 45.0 Å². The van der Waals surface area contributed by atoms with E-state index in [1.165, 1.54) is 11.8 Å². The van der Waals surface area contributed by atoms with E-state index in [4.69, 9.17) is 21.1 Å². The number of likely N-dealkylation sites (tertiary alicyclic amines) is 1. The van der Waals surface area contributed by atoms with Gasteiger partial charge in [-0.25, -0.2) is 4.79 Å². The number of carbonyl (C=O) groups is 3. The first-order valence-corrected chi connectivity index (χ1v) is 9.68. The maximum atomic E-state index is 12.5. The highest BCUT2D eigenvalue weighted by Crippen LogP contribution is 2.23. The van der Waals surface area contributed by atoms with Crippen LogP contribution in [-0.4, -0.2) is 47.7 Å². The summed E-state index contributed by atoms with van der Waals surface area (Å²) in [7, 11) is 0. The fraction of sp³-hybridized carbons (Fsp3) is 0.550. The molecule has 2 atom stereocenters. The quantitative estimate of drug-likeness (QED) is 0.762. The second-order valence-corrected chi connectivity index (χ2v) is 8.22. The summed E-state index contributed by atoms with van der Waals surface area (Å²) in [5.41, 5.74) is -0.151. The number of hydrogen-bond acceptors (Lipinski definition) is 5. The van der Waals surface area contributed by atoms with E-state index < -0.39 is 35.6 Å². The Morgan fingerprint density at radius 2 is 1.93 bits per heavy atom. The highest BCUT2D eigenvalue weighted by atomic mass is 35.5. The number of hydrogen-bond donors (Lipinski definition) is 1. The van der Waals surface area contributed by atoms with Gasteiger partial charge < -0.3 is 19.7 Å². The molecule has 8 heteroatoms. The van der Waals surface area contributed by atoms with Crippen LogP contribution in [0.4, 0.5) is 10.5 Å². The van der Waals surface area contributed by atoms with Crippen molar-refractivity contribution in [1.29, 1.82) is 0 Å². The van der Waals surface area contributed by atoms with E-state index in [0.717, 1.165) is 0 Å². The van der Waals surface area contributed by atoms with Crippen molar-refractivity contribution >= 4 is 35.3 Å². The summed E-state index contributed by atoms with van der Waals surface area (Å²) in [4.78, 5) is 38.5. The number of ether oxygens (including phenoxy) is 2. The van der Waals surface area contributed by atoms with Gasteiger partial charge in [0.25, 0.3) is 5.91 Å². The van der Waals surface area contributed by atoms with Crippen LogP contribution in [0.1, 0.15) is 40.5 Å². The van der Waals surface area contributed by atoms with Crippen molar-refractivity contribution < 1.29 is 23.9 Å². The smallest absolute Gasteiger partial charge is 0.410 e. The molecule has 1 aliphatic heterocycles. The first kappa shape index (κ1) is 22.0. The molecule has 0 aromatic heterocycles. The van der Waals surface area contributed by atoms with Gasteiger partial charge in [0.05, 0.1) is 16.6 Å². The summed E-state index contributed by atoms with van der Waals surface area (Å²) in [6, 6.07) is 6.81. The van der Waals surface area contributed by atoms with Gasteiger partial charge in [-0.1, -0.05) is 23.7 Å². The fourth-order valence-electron chi connectivity index (χ4n) is 2.78. The van der Waals surface area contributed by atoms with Crippen molar-refractivity contribution in [2.24, 2.45) is 5.92 Å². The number of carbonyl (C=O) groups excluding carboxylic acids is 3. The minimum absolute atomic E-state index is 0.215. The Labute approximate surface area is 170 Å². The molecule has 2 amide bonds. The van der Waals surface area contributed by atoms with Crippen molar-refractivity contribution in [3.8, 4) is 0 Å². The molecule has 0 spiro atoms. The molecule has 1 N–H and O–H groups in total. The largest absolute Gasteiger partial charge is 0.452 e. The van der Waals surface area contributed by atoms with Crippen LogP contribution in [0.15, 0.2) is 24.3 Å². The second kappa shape index (κ2) is 9.28. The lowest BCUT2D eigenvalue weighted by molar-refractivity contribution is -0.158. The van der Waals surface area contributed by atoms with E-state index in [1.807, 2.05) is 0 Å². The Morgan fingerprint density at radius 1 is 1.25 bits per heavy atom. The first-order valence-electron chi connectivity index (χ1n) is 9.30. The van der Waals surface area contributed by atoms with Crippen LogP contribution in [0.25, 0.3) is 0 Å². The lowest BCUT2D eigenvalue weighted by atomic mass is 9.98. The molecule has 7 nitrogen and oxygen atoms in total. The van der Waals surface area contributed by atoms with Gasteiger partial charge in [0.15, 0.2) is 6.10 Å². The number of para-hydroxylation sites is 1. The van der Waals surface area contributed by atoms with Crippen molar-refractivity contribution in [2.75, 3.05) is 18.4 Å². The van der Waals surface area contributed by atoms with Crippen molar-refractivity contribution in [2.45, 2.75) is 52.2 Å². The van der Waals surface area contributed by atoms with Crippen molar-refractivity contribution in [1.82, 2.24) is 4.90 Å². The molecule has 1 fully saturated rings. The third-order valence-electron chi connectivity index (χ3n) is 4.20. The molecule has 2 unspecified atom stereocenters. The van der Waals surface area contributed by atoms with Crippen LogP contribution in [-0.2, 0) is 19.1 Å². The summed E-state index contributed by atoms with van der Waals surface area (Å²) in [5.74, 6) is -1.46. The Morgan fingerprint density at radius 3 is 2.57 bits per heavy atom. The summed E-state index contributed by atoms with van der Waals surface area (Å²) in [6.45, 7) is 7.62. The van der Waals surface area contributed by atoms with Gasteiger partial charge in [0.1, 0.15) is 5.60 Å². The standard InChI is InChI=1S/C20H27ClN2O5/c1-13(17(24)22-16-10-6-5-9-15(16)21)27-18(25)14-8-7-11-23(12-14)19(26)28-20(2,3)4/h5-6,9-10,13-14H,7-8,11-12H2,1-4H3,(H,22,24). The summed E-state index contributed by atoms with van der Waals surface area (Å²) in [5, 5.41) is 3.04. The third-order valence-corrected chi connectivity index (χ3v) is 4.53. The zero-order chi connectivity index (χ0) is 20.9. The van der Waals surface area contributed by atoms with Crippen molar-refractivity contribution in [3.63, 3.8) is 0 Å². The molecule has 0 aliphatic carbocycles. The molecule has 0 bridgehead atoms. The Balaban J connectivity index is 1.89. The number of anilines is 1. The zero-order valence-electron chi connectivity index (χ0n) is 16.7. The minimum atomic E-state index is -0.985. The van der Waals surface area contributed by atoms with Crippen LogP contribution in [0.2, 0.25) is 5.02 Å². The molecule has 1 aliphatic rings. The lowest BCUT2D eigenvalue weighted by Gasteiger charge is -2.33. The number of halogens is 1. The zero-order valence-corrected chi connectivity index (χ0v) is 17.4. The Bertz CT molecular complexity index is 732. The van der Waals surface area contributed by atoms with Gasteiger partial charge >= 0.3 is 12.1 Å². The average molecular weight is 411 g/mol. The minimum Gasteiger partial charge on any atom is -0.452 e. The molecule has 0 saturated carbocycles. The predicted octanol–water partition coefficient (Wildman–Crippen LogP) is 3.86. The van der Waals surface area contributed by atoms with E-state index >= 15 is 0 Å². The molecule has 0 radical (unpaired) electrons. The van der Waals surface area contributed by atoms with Crippen LogP contribution in [0.5, 0.6) is 0 Å². The van der Waals surface area contributed by atoms with E-state index in [9.17, 15) is 14.4 Å². The Hall–Kier alpha value is -2.28. The van der Waals surface area contributed by atoms with Crippen LogP contribution in [0.3, 0.4) is 0 Å². The van der Waals surface area contributed by atoms with Gasteiger partial charge in [0.2, 0.25) is 0 Å². The number of amides is 2. The van der Waals surface area contributed by atoms with Gasteiger partial charge in [-0.3, -0.25) is 9.59 Å². The molecule has 28 heavy (non-hydrogen) atoms. The normalized spacial score (nSPS) is 18.2. The first-order chi connectivity index (χ1) is 13.1. The monoisotopic (exact) mass is 410 g/mol. The predicted molar refractivity (Wildman–Crippen MR) is 106 cm³/mol. The van der Waals surface area contributed by atoms with Gasteiger partial charge in [0, 0.05) is 13.1 Å². The number of esters is 1. The molecule has 1 saturated heterocycles. The summed E-state index contributed by atoms with van der Waals surface area (Å²) < 4.78 is 10.7. The Kier molecular flexibility index (Phi) is 7.29. The maximum Gasteiger partial charge on any atom is 0.410 e. The molecule has 1 aromatic rings. The number of rotatable bonds is 4. The average Bonchev–Trinajstić information content (AvgIpc) is 2.62. The van der Waals surface area contributed by atoms with E-state index in [-0.39, 0.29) is 6.54 Å². The number of piperidine rings is 1. The molecule has 154 valence electrons. The van der Waals surface area contributed by atoms with Crippen LogP contribution < -0.4 is 5.32 Å². The number of nitrogens with zero attached hydrogens (tertiary/aromatic N) is 1. The topological polar surface area (TPSA) is 84.9 Å². The van der Waals surface area contributed by atoms with Crippen molar-refractivity contribution in [3.05, 3.63) is 29.3 Å². The van der Waals surface area contributed by atoms with Gasteiger partial charge in [-0.05, 0) is 52.7 Å². The van der Waals surface area contributed by atoms with Crippen LogP contribution >= 0.6 is 11.6 Å². The highest BCUT2D eigenvalue weighted by molar-refractivity contribution is 6.33. The van der Waals surface area contributed by atoms with E-state index in [2.05, 4.69) is 5.32 Å². The fourth-order valence-corrected chi connectivity index (χ4v) is 2.97. The van der Waals surface area contributed by atoms with Gasteiger partial charge in [-0.2, -0.15) is 0 Å². The molecular weight excluding hydrogens is 384 g/mol. The maximum absolute atomic E-state index is 12.5. The summed E-state index contributed by atoms with van der Waals surface area (Å²) >= 11 is 6.02. The van der Waals surface area contributed by atoms with E-state index in [0.29, 0.717) is 30.1 Å². The SMILES string of the molecule is CC(OC(=O)C1CCCN(C(=O)OC(C)(C)C)C1)C(=O)Nc1ccccc1Cl. The second-order valence-electron chi connectivity index (χ2n) is 7.81. The third kappa shape index (κ3) is 6.41. The molecule has 2 rings (SSSR count). The van der Waals surface area contributed by atoms with Crippen LogP contribution in [0, 0.1) is 5.92 Å². The lowest BCUT2D eigenvalue weighted by Crippen LogP contribution is -2.45. The summed E-state index contributed by atoms with van der Waals surface area (Å²) in [6.07, 6.45) is -0.175. The highest BCUT2D eigenvalue weighted by Gasteiger charge is 2.33. The van der Waals surface area contributed by atoms with Gasteiger partial charge in [-0.15, -0.1) is 0 Å². The molecule has 1 heterocycles. The molecule has 1 aromatic carbocycles. The number of nitrogens with one attached hydrogen (secondary N) is 1. The molecular formula is C20H27ClN2O5.